The summed E-state index contributed by atoms with van der Waals surface area (Å²) in [5, 5.41) is 14.3. The molecule has 0 saturated carbocycles. The van der Waals surface area contributed by atoms with Gasteiger partial charge in [-0.15, -0.1) is 0 Å². The van der Waals surface area contributed by atoms with Crippen LogP contribution in [0.15, 0.2) is 10.2 Å². The monoisotopic (exact) mass is 114 g/mol. The summed E-state index contributed by atoms with van der Waals surface area (Å²) in [7, 11) is 0. The van der Waals surface area contributed by atoms with Crippen LogP contribution >= 0.6 is 0 Å². The van der Waals surface area contributed by atoms with E-state index >= 15 is 0 Å². The lowest BCUT2D eigenvalue weighted by atomic mass is 10.8. The molecule has 1 N–H and O–H groups in total. The van der Waals surface area contributed by atoms with Crippen LogP contribution in [0.4, 0.5) is 0 Å². The van der Waals surface area contributed by atoms with Gasteiger partial charge in [-0.05, 0) is 6.92 Å². The number of hydrogen-bond acceptors (Lipinski definition) is 3. The summed E-state index contributed by atoms with van der Waals surface area (Å²) in [5.74, 6) is -1.09. The van der Waals surface area contributed by atoms with Gasteiger partial charge >= 0.3 is 5.97 Å². The van der Waals surface area contributed by atoms with E-state index in [1.165, 1.54) is 6.21 Å². The maximum absolute atomic E-state index is 9.65. The Morgan fingerprint density at radius 3 is 2.62 bits per heavy atom. The average molecular weight is 114 g/mol. The van der Waals surface area contributed by atoms with Gasteiger partial charge < -0.3 is 5.11 Å². The molecule has 0 aromatic heterocycles. The van der Waals surface area contributed by atoms with Crippen molar-refractivity contribution in [1.29, 1.82) is 0 Å². The summed E-state index contributed by atoms with van der Waals surface area (Å²) in [6, 6.07) is 0. The van der Waals surface area contributed by atoms with Gasteiger partial charge in [0.2, 0.25) is 0 Å². The van der Waals surface area contributed by atoms with Gasteiger partial charge in [0.05, 0.1) is 0 Å². The number of nitrogens with zero attached hydrogens (tertiary/aromatic N) is 2. The first-order valence-electron chi connectivity index (χ1n) is 2.01. The predicted octanol–water partition coefficient (Wildman–Crippen LogP) is 0.148. The van der Waals surface area contributed by atoms with Crippen LogP contribution in [0.1, 0.15) is 6.92 Å². The number of hydrogen-bond donors (Lipinski definition) is 1. The van der Waals surface area contributed by atoms with Crippen molar-refractivity contribution in [1.82, 2.24) is 0 Å². The Hall–Kier alpha value is -1.19. The minimum Gasteiger partial charge on any atom is -0.477 e. The average Bonchev–Trinajstić information content (AvgIpc) is 1.66. The maximum Gasteiger partial charge on any atom is 0.348 e. The quantitative estimate of drug-likeness (QED) is 0.410. The van der Waals surface area contributed by atoms with Crippen LogP contribution in [0.3, 0.4) is 0 Å². The minimum absolute atomic E-state index is 0.722. The molecule has 0 aliphatic rings. The molecular weight excluding hydrogens is 108 g/mol. The second kappa shape index (κ2) is 3.98. The Labute approximate surface area is 46.6 Å². The molecule has 0 unspecified atom stereocenters. The Balaban J connectivity index is 3.50. The van der Waals surface area contributed by atoms with Crippen molar-refractivity contribution in [2.45, 2.75) is 6.92 Å². The standard InChI is InChI=1S/C4H6N2O2/c1-2-5-6-3-4(7)8/h2-3H,1H3,(H,7,8). The van der Waals surface area contributed by atoms with E-state index in [1.807, 2.05) is 0 Å². The number of carboxylic acid groups (broad SMARTS) is 1. The Kier molecular flexibility index (Phi) is 3.39. The molecule has 0 aliphatic carbocycles. The van der Waals surface area contributed by atoms with Crippen LogP contribution in [0.2, 0.25) is 0 Å². The summed E-state index contributed by atoms with van der Waals surface area (Å²) in [5.41, 5.74) is 0. The first-order chi connectivity index (χ1) is 3.77. The van der Waals surface area contributed by atoms with Gasteiger partial charge in [0.15, 0.2) is 0 Å². The lowest BCUT2D eigenvalue weighted by molar-refractivity contribution is -0.128. The number of rotatable bonds is 2. The Morgan fingerprint density at radius 2 is 2.25 bits per heavy atom. The fraction of sp³-hybridized carbons (Fsp3) is 0.250. The Bertz CT molecular complexity index is 128. The molecule has 0 spiro atoms. The predicted molar refractivity (Wildman–Crippen MR) is 30.3 cm³/mol. The lowest BCUT2D eigenvalue weighted by Gasteiger charge is -1.71. The number of carbonyl (C=O) groups is 1. The van der Waals surface area contributed by atoms with Crippen LogP contribution < -0.4 is 0 Å². The van der Waals surface area contributed by atoms with Crippen LogP contribution in [-0.2, 0) is 4.79 Å². The number of aliphatic carboxylic acids is 1. The molecule has 0 amide bonds. The molecule has 0 bridgehead atoms. The van der Waals surface area contributed by atoms with Crippen molar-refractivity contribution in [2.24, 2.45) is 10.2 Å². The second-order valence-electron chi connectivity index (χ2n) is 0.956. The molecular formula is C4H6N2O2. The molecule has 0 heterocycles. The first kappa shape index (κ1) is 6.81. The van der Waals surface area contributed by atoms with Gasteiger partial charge in [0, 0.05) is 6.21 Å². The van der Waals surface area contributed by atoms with E-state index in [0.29, 0.717) is 0 Å². The zero-order chi connectivity index (χ0) is 6.41. The van der Waals surface area contributed by atoms with E-state index in [9.17, 15) is 4.79 Å². The zero-order valence-electron chi connectivity index (χ0n) is 4.40. The molecule has 44 valence electrons. The van der Waals surface area contributed by atoms with Crippen molar-refractivity contribution >= 4 is 18.4 Å². The van der Waals surface area contributed by atoms with Crippen molar-refractivity contribution in [3.8, 4) is 0 Å². The molecule has 0 radical (unpaired) electrons. The molecule has 4 nitrogen and oxygen atoms in total. The third-order valence-corrected chi connectivity index (χ3v) is 0.350. The molecule has 0 aromatic rings. The third kappa shape index (κ3) is 4.81. The molecule has 0 aliphatic heterocycles. The van der Waals surface area contributed by atoms with E-state index in [0.717, 1.165) is 6.21 Å². The fourth-order valence-electron chi connectivity index (χ4n) is 0.149. The SMILES string of the molecule is CC=NN=CC(=O)O. The van der Waals surface area contributed by atoms with Crippen molar-refractivity contribution in [3.63, 3.8) is 0 Å². The van der Waals surface area contributed by atoms with Crippen molar-refractivity contribution < 1.29 is 9.90 Å². The van der Waals surface area contributed by atoms with Crippen LogP contribution in [0.25, 0.3) is 0 Å². The van der Waals surface area contributed by atoms with Gasteiger partial charge in [-0.25, -0.2) is 4.79 Å². The van der Waals surface area contributed by atoms with Crippen LogP contribution in [0, 0.1) is 0 Å². The maximum atomic E-state index is 9.65. The lowest BCUT2D eigenvalue weighted by Crippen LogP contribution is -1.93. The van der Waals surface area contributed by atoms with Gasteiger partial charge in [-0.2, -0.15) is 10.2 Å². The van der Waals surface area contributed by atoms with Gasteiger partial charge in [-0.1, -0.05) is 0 Å². The van der Waals surface area contributed by atoms with Crippen LogP contribution in [-0.4, -0.2) is 23.5 Å². The molecule has 4 heteroatoms. The molecule has 0 fully saturated rings. The van der Waals surface area contributed by atoms with Gasteiger partial charge in [0.25, 0.3) is 0 Å². The zero-order valence-corrected chi connectivity index (χ0v) is 4.40. The molecule has 0 atom stereocenters. The summed E-state index contributed by atoms with van der Waals surface area (Å²) in [4.78, 5) is 9.65. The van der Waals surface area contributed by atoms with E-state index in [2.05, 4.69) is 10.2 Å². The van der Waals surface area contributed by atoms with Crippen molar-refractivity contribution in [2.75, 3.05) is 0 Å². The first-order valence-corrected chi connectivity index (χ1v) is 2.01. The minimum atomic E-state index is -1.09. The summed E-state index contributed by atoms with van der Waals surface area (Å²) >= 11 is 0. The number of carboxylic acids is 1. The summed E-state index contributed by atoms with van der Waals surface area (Å²) in [6.07, 6.45) is 2.12. The highest BCUT2D eigenvalue weighted by Crippen LogP contribution is 1.64. The van der Waals surface area contributed by atoms with Gasteiger partial charge in [-0.3, -0.25) is 0 Å². The van der Waals surface area contributed by atoms with E-state index in [4.69, 9.17) is 5.11 Å². The highest BCUT2D eigenvalue weighted by Gasteiger charge is 1.81. The van der Waals surface area contributed by atoms with E-state index in [1.54, 1.807) is 6.92 Å². The molecule has 0 aromatic carbocycles. The largest absolute Gasteiger partial charge is 0.477 e. The third-order valence-electron chi connectivity index (χ3n) is 0.350. The Morgan fingerprint density at radius 1 is 1.62 bits per heavy atom. The highest BCUT2D eigenvalue weighted by atomic mass is 16.4. The second-order valence-corrected chi connectivity index (χ2v) is 0.956. The normalized spacial score (nSPS) is 11.1. The van der Waals surface area contributed by atoms with E-state index in [-0.39, 0.29) is 0 Å². The topological polar surface area (TPSA) is 62.0 Å². The van der Waals surface area contributed by atoms with E-state index < -0.39 is 5.97 Å². The highest BCUT2D eigenvalue weighted by molar-refractivity contribution is 6.21. The summed E-state index contributed by atoms with van der Waals surface area (Å²) < 4.78 is 0. The van der Waals surface area contributed by atoms with Gasteiger partial charge in [0.1, 0.15) is 6.21 Å². The van der Waals surface area contributed by atoms with Crippen LogP contribution in [0.5, 0.6) is 0 Å². The molecule has 8 heavy (non-hydrogen) atoms. The summed E-state index contributed by atoms with van der Waals surface area (Å²) in [6.45, 7) is 1.65. The van der Waals surface area contributed by atoms with Crippen molar-refractivity contribution in [3.05, 3.63) is 0 Å². The fourth-order valence-corrected chi connectivity index (χ4v) is 0.149. The molecule has 0 saturated heterocycles. The smallest absolute Gasteiger partial charge is 0.348 e. The molecule has 0 rings (SSSR count).